The van der Waals surface area contributed by atoms with Gasteiger partial charge < -0.3 is 9.64 Å². The molecule has 3 unspecified atom stereocenters. The van der Waals surface area contributed by atoms with Crippen LogP contribution >= 0.6 is 11.6 Å². The van der Waals surface area contributed by atoms with E-state index in [2.05, 4.69) is 18.7 Å². The monoisotopic (exact) mass is 402 g/mol. The molecule has 2 fully saturated rings. The zero-order valence-corrected chi connectivity index (χ0v) is 17.2. The second-order valence-electron chi connectivity index (χ2n) is 8.44. The molecule has 0 radical (unpaired) electrons. The average Bonchev–Trinajstić information content (AvgIpc) is 3.24. The normalized spacial score (nSPS) is 28.6. The third-order valence-corrected chi connectivity index (χ3v) is 6.12. The summed E-state index contributed by atoms with van der Waals surface area (Å²) in [4.78, 5) is 30.2. The summed E-state index contributed by atoms with van der Waals surface area (Å²) in [7, 11) is 0. The lowest BCUT2D eigenvalue weighted by atomic mass is 9.91. The number of amides is 2. The molecule has 0 spiro atoms. The van der Waals surface area contributed by atoms with E-state index in [0.29, 0.717) is 41.3 Å². The van der Waals surface area contributed by atoms with Crippen LogP contribution < -0.4 is 0 Å². The van der Waals surface area contributed by atoms with Gasteiger partial charge in [0.2, 0.25) is 0 Å². The second-order valence-corrected chi connectivity index (χ2v) is 8.87. The minimum atomic E-state index is -0.219. The van der Waals surface area contributed by atoms with Crippen molar-refractivity contribution in [3.63, 3.8) is 0 Å². The molecule has 0 N–H and O–H groups in total. The fourth-order valence-corrected chi connectivity index (χ4v) is 4.86. The van der Waals surface area contributed by atoms with Crippen molar-refractivity contribution in [3.05, 3.63) is 40.5 Å². The Bertz CT molecular complexity index is 789. The Morgan fingerprint density at radius 3 is 2.36 bits per heavy atom. The number of benzene rings is 1. The van der Waals surface area contributed by atoms with E-state index >= 15 is 0 Å². The molecule has 5 nitrogen and oxygen atoms in total. The van der Waals surface area contributed by atoms with Crippen LogP contribution in [0.2, 0.25) is 5.02 Å². The number of rotatable bonds is 4. The maximum absolute atomic E-state index is 13.4. The molecule has 2 amide bonds. The third-order valence-electron chi connectivity index (χ3n) is 5.87. The number of carbonyl (C=O) groups excluding carboxylic acids is 2. The van der Waals surface area contributed by atoms with Crippen LogP contribution in [0.5, 0.6) is 0 Å². The van der Waals surface area contributed by atoms with Crippen molar-refractivity contribution in [2.45, 2.75) is 39.2 Å². The average molecular weight is 403 g/mol. The molecule has 3 aliphatic rings. The second kappa shape index (κ2) is 7.88. The van der Waals surface area contributed by atoms with E-state index in [4.69, 9.17) is 16.3 Å². The predicted octanol–water partition coefficient (Wildman–Crippen LogP) is 3.58. The van der Waals surface area contributed by atoms with Crippen LogP contribution in [-0.2, 0) is 14.3 Å². The minimum absolute atomic E-state index is 0.0575. The van der Waals surface area contributed by atoms with Crippen molar-refractivity contribution in [2.75, 3.05) is 26.2 Å². The lowest BCUT2D eigenvalue weighted by Crippen LogP contribution is -2.43. The van der Waals surface area contributed by atoms with E-state index in [9.17, 15) is 9.59 Å². The van der Waals surface area contributed by atoms with Gasteiger partial charge in [0, 0.05) is 24.7 Å². The lowest BCUT2D eigenvalue weighted by Gasteiger charge is -2.37. The van der Waals surface area contributed by atoms with Gasteiger partial charge in [-0.05, 0) is 48.8 Å². The molecule has 4 rings (SSSR count). The van der Waals surface area contributed by atoms with Crippen LogP contribution in [0, 0.1) is 11.8 Å². The smallest absolute Gasteiger partial charge is 0.277 e. The zero-order chi connectivity index (χ0) is 19.8. The summed E-state index contributed by atoms with van der Waals surface area (Å²) in [6, 6.07) is 7.19. The first-order valence-corrected chi connectivity index (χ1v) is 10.5. The van der Waals surface area contributed by atoms with Gasteiger partial charge in [0.1, 0.15) is 5.70 Å². The molecule has 0 aliphatic carbocycles. The van der Waals surface area contributed by atoms with E-state index in [1.54, 1.807) is 12.1 Å². The topological polar surface area (TPSA) is 49.9 Å². The lowest BCUT2D eigenvalue weighted by molar-refractivity contribution is -0.139. The van der Waals surface area contributed by atoms with Crippen molar-refractivity contribution in [1.82, 2.24) is 9.80 Å². The summed E-state index contributed by atoms with van der Waals surface area (Å²) in [6.07, 6.45) is 2.95. The van der Waals surface area contributed by atoms with Crippen molar-refractivity contribution >= 4 is 29.0 Å². The first-order chi connectivity index (χ1) is 13.4. The first kappa shape index (κ1) is 19.5. The molecule has 28 heavy (non-hydrogen) atoms. The van der Waals surface area contributed by atoms with Crippen LogP contribution in [-0.4, -0.2) is 54.0 Å². The Balaban J connectivity index is 1.72. The fraction of sp³-hybridized carbons (Fsp3) is 0.545. The highest BCUT2D eigenvalue weighted by Gasteiger charge is 2.43. The highest BCUT2D eigenvalue weighted by Crippen LogP contribution is 2.36. The number of imide groups is 1. The molecule has 3 atom stereocenters. The molecule has 150 valence electrons. The number of carbonyl (C=O) groups is 2. The summed E-state index contributed by atoms with van der Waals surface area (Å²) >= 11 is 6.04. The van der Waals surface area contributed by atoms with Gasteiger partial charge in [-0.15, -0.1) is 0 Å². The molecule has 0 saturated carbocycles. The maximum atomic E-state index is 13.4. The van der Waals surface area contributed by atoms with Gasteiger partial charge in [-0.1, -0.05) is 37.6 Å². The summed E-state index contributed by atoms with van der Waals surface area (Å²) in [5, 5.41) is 0.610. The standard InChI is InChI=1S/C22H27ClN2O3/c1-14-10-15(2)12-24(11-14)20-19(16-5-7-17(23)8-6-16)21(26)25(22(20)27)13-18-4-3-9-28-18/h5-8,14-15,18H,3-4,9-13H2,1-2H3. The summed E-state index contributed by atoms with van der Waals surface area (Å²) in [6.45, 7) is 7.03. The molecular formula is C22H27ClN2O3. The summed E-state index contributed by atoms with van der Waals surface area (Å²) in [5.41, 5.74) is 1.79. The van der Waals surface area contributed by atoms with Crippen molar-refractivity contribution in [2.24, 2.45) is 11.8 Å². The number of ether oxygens (including phenoxy) is 1. The number of nitrogens with zero attached hydrogens (tertiary/aromatic N) is 2. The summed E-state index contributed by atoms with van der Waals surface area (Å²) < 4.78 is 5.69. The number of hydrogen-bond donors (Lipinski definition) is 0. The highest BCUT2D eigenvalue weighted by atomic mass is 35.5. The molecule has 3 aliphatic heterocycles. The fourth-order valence-electron chi connectivity index (χ4n) is 4.74. The van der Waals surface area contributed by atoms with Crippen LogP contribution in [0.3, 0.4) is 0 Å². The predicted molar refractivity (Wildman–Crippen MR) is 109 cm³/mol. The number of halogens is 1. The van der Waals surface area contributed by atoms with Gasteiger partial charge in [0.15, 0.2) is 0 Å². The SMILES string of the molecule is CC1CC(C)CN(C2=C(c3ccc(Cl)cc3)C(=O)N(CC3CCCO3)C2=O)C1. The summed E-state index contributed by atoms with van der Waals surface area (Å²) in [5.74, 6) is 0.561. The number of likely N-dealkylation sites (tertiary alicyclic amines) is 1. The first-order valence-electron chi connectivity index (χ1n) is 10.2. The zero-order valence-electron chi connectivity index (χ0n) is 16.5. The third kappa shape index (κ3) is 3.70. The Labute approximate surface area is 171 Å². The van der Waals surface area contributed by atoms with E-state index in [1.807, 2.05) is 12.1 Å². The van der Waals surface area contributed by atoms with Gasteiger partial charge >= 0.3 is 0 Å². The van der Waals surface area contributed by atoms with Crippen LogP contribution in [0.4, 0.5) is 0 Å². The Kier molecular flexibility index (Phi) is 5.48. The van der Waals surface area contributed by atoms with Crippen LogP contribution in [0.25, 0.3) is 5.57 Å². The highest BCUT2D eigenvalue weighted by molar-refractivity contribution is 6.36. The quantitative estimate of drug-likeness (QED) is 0.722. The van der Waals surface area contributed by atoms with Gasteiger partial charge in [0.05, 0.1) is 18.2 Å². The molecular weight excluding hydrogens is 376 g/mol. The number of piperidine rings is 1. The van der Waals surface area contributed by atoms with Gasteiger partial charge in [-0.25, -0.2) is 0 Å². The largest absolute Gasteiger partial charge is 0.376 e. The molecule has 2 saturated heterocycles. The van der Waals surface area contributed by atoms with Crippen LogP contribution in [0.1, 0.15) is 38.7 Å². The Morgan fingerprint density at radius 1 is 1.07 bits per heavy atom. The Morgan fingerprint density at radius 2 is 1.75 bits per heavy atom. The van der Waals surface area contributed by atoms with Crippen LogP contribution in [0.15, 0.2) is 30.0 Å². The minimum Gasteiger partial charge on any atom is -0.376 e. The van der Waals surface area contributed by atoms with E-state index in [0.717, 1.165) is 37.9 Å². The van der Waals surface area contributed by atoms with Crippen molar-refractivity contribution in [3.8, 4) is 0 Å². The molecule has 3 heterocycles. The van der Waals surface area contributed by atoms with Gasteiger partial charge in [-0.2, -0.15) is 0 Å². The molecule has 0 aromatic heterocycles. The van der Waals surface area contributed by atoms with E-state index in [1.165, 1.54) is 4.90 Å². The molecule has 0 bridgehead atoms. The molecule has 1 aromatic carbocycles. The molecule has 1 aromatic rings. The van der Waals surface area contributed by atoms with E-state index in [-0.39, 0.29) is 17.9 Å². The number of hydrogen-bond acceptors (Lipinski definition) is 4. The molecule has 6 heteroatoms. The van der Waals surface area contributed by atoms with Crippen molar-refractivity contribution < 1.29 is 14.3 Å². The maximum Gasteiger partial charge on any atom is 0.277 e. The van der Waals surface area contributed by atoms with Crippen molar-refractivity contribution in [1.29, 1.82) is 0 Å². The Hall–Kier alpha value is -1.85. The van der Waals surface area contributed by atoms with E-state index < -0.39 is 0 Å². The van der Waals surface area contributed by atoms with Gasteiger partial charge in [-0.3, -0.25) is 14.5 Å². The van der Waals surface area contributed by atoms with Gasteiger partial charge in [0.25, 0.3) is 11.8 Å².